The predicted molar refractivity (Wildman–Crippen MR) is 84.2 cm³/mol. The molecule has 112 valence electrons. The van der Waals surface area contributed by atoms with Crippen LogP contribution in [0.15, 0.2) is 30.3 Å². The maximum Gasteiger partial charge on any atom is 0.119 e. The van der Waals surface area contributed by atoms with E-state index in [0.29, 0.717) is 6.04 Å². The lowest BCUT2D eigenvalue weighted by Gasteiger charge is -2.34. The zero-order valence-electron chi connectivity index (χ0n) is 12.8. The van der Waals surface area contributed by atoms with Gasteiger partial charge in [-0.1, -0.05) is 18.2 Å². The Hall–Kier alpha value is -1.06. The normalized spacial score (nSPS) is 18.9. The van der Waals surface area contributed by atoms with Crippen molar-refractivity contribution in [1.82, 2.24) is 10.2 Å². The van der Waals surface area contributed by atoms with Crippen molar-refractivity contribution in [3.05, 3.63) is 30.3 Å². The van der Waals surface area contributed by atoms with Gasteiger partial charge in [-0.05, 0) is 64.4 Å². The van der Waals surface area contributed by atoms with E-state index in [1.54, 1.807) is 0 Å². The van der Waals surface area contributed by atoms with E-state index in [4.69, 9.17) is 4.74 Å². The predicted octanol–water partition coefficient (Wildman–Crippen LogP) is 2.78. The van der Waals surface area contributed by atoms with Gasteiger partial charge in [0.05, 0.1) is 6.61 Å². The van der Waals surface area contributed by atoms with Gasteiger partial charge in [0.25, 0.3) is 0 Å². The molecule has 0 bridgehead atoms. The van der Waals surface area contributed by atoms with Crippen LogP contribution >= 0.6 is 0 Å². The fourth-order valence-corrected chi connectivity index (χ4v) is 2.91. The summed E-state index contributed by atoms with van der Waals surface area (Å²) in [5.41, 5.74) is 0. The number of para-hydroxylation sites is 1. The van der Waals surface area contributed by atoms with E-state index in [-0.39, 0.29) is 0 Å². The first-order valence-electron chi connectivity index (χ1n) is 7.87. The Morgan fingerprint density at radius 3 is 2.60 bits per heavy atom. The molecular formula is C17H28N2O. The van der Waals surface area contributed by atoms with Crippen LogP contribution < -0.4 is 10.1 Å². The van der Waals surface area contributed by atoms with Gasteiger partial charge >= 0.3 is 0 Å². The van der Waals surface area contributed by atoms with Crippen molar-refractivity contribution in [2.75, 3.05) is 33.3 Å². The Bertz CT molecular complexity index is 361. The quantitative estimate of drug-likeness (QED) is 0.775. The molecule has 1 saturated heterocycles. The number of benzene rings is 1. The Morgan fingerprint density at radius 1 is 1.25 bits per heavy atom. The highest BCUT2D eigenvalue weighted by molar-refractivity contribution is 5.20. The number of hydrogen-bond acceptors (Lipinski definition) is 3. The summed E-state index contributed by atoms with van der Waals surface area (Å²) in [6.07, 6.45) is 3.75. The van der Waals surface area contributed by atoms with Gasteiger partial charge in [0.1, 0.15) is 5.75 Å². The highest BCUT2D eigenvalue weighted by Gasteiger charge is 2.22. The summed E-state index contributed by atoms with van der Waals surface area (Å²) >= 11 is 0. The summed E-state index contributed by atoms with van der Waals surface area (Å²) in [7, 11) is 2.07. The Morgan fingerprint density at radius 2 is 1.95 bits per heavy atom. The van der Waals surface area contributed by atoms with Gasteiger partial charge < -0.3 is 15.0 Å². The van der Waals surface area contributed by atoms with Crippen LogP contribution in [0.4, 0.5) is 0 Å². The number of hydrogen-bond donors (Lipinski definition) is 1. The first kappa shape index (κ1) is 15.3. The molecule has 3 heteroatoms. The third kappa shape index (κ3) is 4.80. The first-order chi connectivity index (χ1) is 9.79. The molecule has 0 radical (unpaired) electrons. The molecule has 1 unspecified atom stereocenters. The van der Waals surface area contributed by atoms with Gasteiger partial charge in [-0.25, -0.2) is 0 Å². The van der Waals surface area contributed by atoms with Crippen LogP contribution in [0.2, 0.25) is 0 Å². The Kier molecular flexibility index (Phi) is 6.34. The zero-order valence-corrected chi connectivity index (χ0v) is 12.8. The molecule has 0 amide bonds. The average Bonchev–Trinajstić information content (AvgIpc) is 2.52. The van der Waals surface area contributed by atoms with Crippen molar-refractivity contribution < 1.29 is 4.74 Å². The summed E-state index contributed by atoms with van der Waals surface area (Å²) in [6, 6.07) is 10.7. The molecule has 3 nitrogen and oxygen atoms in total. The van der Waals surface area contributed by atoms with Crippen LogP contribution in [-0.2, 0) is 0 Å². The van der Waals surface area contributed by atoms with Crippen LogP contribution in [0.1, 0.15) is 26.2 Å². The summed E-state index contributed by atoms with van der Waals surface area (Å²) in [5, 5.41) is 3.38. The van der Waals surface area contributed by atoms with Crippen LogP contribution in [-0.4, -0.2) is 44.2 Å². The highest BCUT2D eigenvalue weighted by atomic mass is 16.5. The Labute approximate surface area is 123 Å². The third-order valence-corrected chi connectivity index (χ3v) is 4.43. The summed E-state index contributed by atoms with van der Waals surface area (Å²) in [6.45, 7) is 6.75. The summed E-state index contributed by atoms with van der Waals surface area (Å²) in [4.78, 5) is 2.58. The standard InChI is InChI=1S/C17H28N2O/c1-15(18-2)16-9-12-19(13-10-16)11-6-14-20-17-7-4-3-5-8-17/h3-5,7-8,15-16,18H,6,9-14H2,1-2H3. The van der Waals surface area contributed by atoms with E-state index in [1.807, 2.05) is 30.3 Å². The maximum atomic E-state index is 5.74. The average molecular weight is 276 g/mol. The second-order valence-corrected chi connectivity index (χ2v) is 5.77. The summed E-state index contributed by atoms with van der Waals surface area (Å²) in [5.74, 6) is 1.82. The van der Waals surface area contributed by atoms with Crippen molar-refractivity contribution in [3.63, 3.8) is 0 Å². The van der Waals surface area contributed by atoms with Crippen LogP contribution in [0.5, 0.6) is 5.75 Å². The largest absolute Gasteiger partial charge is 0.494 e. The van der Waals surface area contributed by atoms with Crippen molar-refractivity contribution in [1.29, 1.82) is 0 Å². The molecule has 1 N–H and O–H groups in total. The number of piperidine rings is 1. The zero-order chi connectivity index (χ0) is 14.2. The molecule has 1 aliphatic heterocycles. The fourth-order valence-electron chi connectivity index (χ4n) is 2.91. The van der Waals surface area contributed by atoms with Crippen molar-refractivity contribution in [2.45, 2.75) is 32.2 Å². The highest BCUT2D eigenvalue weighted by Crippen LogP contribution is 2.20. The number of ether oxygens (including phenoxy) is 1. The van der Waals surface area contributed by atoms with E-state index in [1.165, 1.54) is 25.9 Å². The van der Waals surface area contributed by atoms with Crippen molar-refractivity contribution >= 4 is 0 Å². The summed E-state index contributed by atoms with van der Waals surface area (Å²) < 4.78 is 5.74. The van der Waals surface area contributed by atoms with E-state index in [2.05, 4.69) is 24.2 Å². The minimum absolute atomic E-state index is 0.651. The van der Waals surface area contributed by atoms with Crippen molar-refractivity contribution in [2.24, 2.45) is 5.92 Å². The van der Waals surface area contributed by atoms with Gasteiger partial charge in [-0.3, -0.25) is 0 Å². The molecule has 1 atom stereocenters. The van der Waals surface area contributed by atoms with Gasteiger partial charge in [0, 0.05) is 12.6 Å². The SMILES string of the molecule is CNC(C)C1CCN(CCCOc2ccccc2)CC1. The topological polar surface area (TPSA) is 24.5 Å². The van der Waals surface area contributed by atoms with Gasteiger partial charge in [0.2, 0.25) is 0 Å². The third-order valence-electron chi connectivity index (χ3n) is 4.43. The minimum Gasteiger partial charge on any atom is -0.494 e. The molecule has 0 aromatic heterocycles. The van der Waals surface area contributed by atoms with Crippen LogP contribution in [0, 0.1) is 5.92 Å². The number of nitrogens with zero attached hydrogens (tertiary/aromatic N) is 1. The number of nitrogens with one attached hydrogen (secondary N) is 1. The molecule has 0 spiro atoms. The molecule has 20 heavy (non-hydrogen) atoms. The fraction of sp³-hybridized carbons (Fsp3) is 0.647. The first-order valence-corrected chi connectivity index (χ1v) is 7.87. The van der Waals surface area contributed by atoms with E-state index in [0.717, 1.165) is 31.2 Å². The smallest absolute Gasteiger partial charge is 0.119 e. The van der Waals surface area contributed by atoms with Crippen molar-refractivity contribution in [3.8, 4) is 5.75 Å². The lowest BCUT2D eigenvalue weighted by molar-refractivity contribution is 0.155. The molecule has 1 aromatic carbocycles. The van der Waals surface area contributed by atoms with Gasteiger partial charge in [-0.15, -0.1) is 0 Å². The minimum atomic E-state index is 0.651. The van der Waals surface area contributed by atoms with E-state index >= 15 is 0 Å². The molecule has 2 rings (SSSR count). The lowest BCUT2D eigenvalue weighted by atomic mass is 9.90. The van der Waals surface area contributed by atoms with Gasteiger partial charge in [-0.2, -0.15) is 0 Å². The molecule has 1 aliphatic rings. The van der Waals surface area contributed by atoms with Crippen LogP contribution in [0.3, 0.4) is 0 Å². The molecule has 1 heterocycles. The maximum absolute atomic E-state index is 5.74. The van der Waals surface area contributed by atoms with E-state index in [9.17, 15) is 0 Å². The molecule has 0 aliphatic carbocycles. The second-order valence-electron chi connectivity index (χ2n) is 5.77. The molecule has 1 fully saturated rings. The number of rotatable bonds is 7. The molecule has 0 saturated carbocycles. The second kappa shape index (κ2) is 8.28. The van der Waals surface area contributed by atoms with E-state index < -0.39 is 0 Å². The number of likely N-dealkylation sites (tertiary alicyclic amines) is 1. The Balaban J connectivity index is 1.57. The molecule has 1 aromatic rings. The monoisotopic (exact) mass is 276 g/mol. The lowest BCUT2D eigenvalue weighted by Crippen LogP contribution is -2.41. The molecular weight excluding hydrogens is 248 g/mol. The van der Waals surface area contributed by atoms with Gasteiger partial charge in [0.15, 0.2) is 0 Å². The van der Waals surface area contributed by atoms with Crippen LogP contribution in [0.25, 0.3) is 0 Å².